The Bertz CT molecular complexity index is 767. The second kappa shape index (κ2) is 8.49. The lowest BCUT2D eigenvalue weighted by molar-refractivity contribution is -0.114. The van der Waals surface area contributed by atoms with E-state index < -0.39 is 0 Å². The van der Waals surface area contributed by atoms with Gasteiger partial charge in [-0.05, 0) is 44.0 Å². The monoisotopic (exact) mass is 373 g/mol. The van der Waals surface area contributed by atoms with E-state index in [2.05, 4.69) is 15.5 Å². The van der Waals surface area contributed by atoms with Crippen molar-refractivity contribution in [2.75, 3.05) is 5.32 Å². The van der Waals surface area contributed by atoms with Crippen LogP contribution in [0.2, 0.25) is 0 Å². The van der Waals surface area contributed by atoms with Gasteiger partial charge in [-0.2, -0.15) is 0 Å². The molecule has 7 heteroatoms. The Morgan fingerprint density at radius 1 is 1.15 bits per heavy atom. The minimum Gasteiger partial charge on any atom is -0.416 e. The smallest absolute Gasteiger partial charge is 0.277 e. The van der Waals surface area contributed by atoms with Gasteiger partial charge in [0.1, 0.15) is 0 Å². The Hall–Kier alpha value is -2.15. The quantitative estimate of drug-likeness (QED) is 0.595. The highest BCUT2D eigenvalue weighted by Gasteiger charge is 2.24. The first-order valence-electron chi connectivity index (χ1n) is 8.95. The van der Waals surface area contributed by atoms with Gasteiger partial charge in [-0.3, -0.25) is 9.59 Å². The maximum atomic E-state index is 12.6. The summed E-state index contributed by atoms with van der Waals surface area (Å²) in [6.07, 6.45) is 5.89. The van der Waals surface area contributed by atoms with E-state index in [9.17, 15) is 9.59 Å². The van der Waals surface area contributed by atoms with Crippen molar-refractivity contribution >= 4 is 29.1 Å². The number of nitrogens with zero attached hydrogens (tertiary/aromatic N) is 2. The normalized spacial score (nSPS) is 16.2. The lowest BCUT2D eigenvalue weighted by Gasteiger charge is -2.17. The minimum absolute atomic E-state index is 0.0122. The Morgan fingerprint density at radius 3 is 2.50 bits per heavy atom. The number of nitrogens with one attached hydrogen (secondary N) is 1. The van der Waals surface area contributed by atoms with Crippen LogP contribution in [-0.4, -0.2) is 27.1 Å². The number of amides is 1. The summed E-state index contributed by atoms with van der Waals surface area (Å²) >= 11 is 1.29. The van der Waals surface area contributed by atoms with Crippen LogP contribution in [-0.2, 0) is 4.79 Å². The summed E-state index contributed by atoms with van der Waals surface area (Å²) in [6, 6.07) is 6.87. The van der Waals surface area contributed by atoms with Crippen LogP contribution >= 0.6 is 11.8 Å². The standard InChI is InChI=1S/C19H23N3O3S/c1-12(17(24)14-8-10-16(11-9-14)20-13(2)23)26-19-22-21-18(25-19)15-6-4-3-5-7-15/h8-12,15H,3-7H2,1-2H3,(H,20,23)/t12-/m0/s1. The van der Waals surface area contributed by atoms with Crippen LogP contribution in [0.4, 0.5) is 5.69 Å². The number of anilines is 1. The Kier molecular flexibility index (Phi) is 6.08. The molecule has 1 aliphatic carbocycles. The van der Waals surface area contributed by atoms with Gasteiger partial charge in [0.15, 0.2) is 5.78 Å². The average Bonchev–Trinajstić information content (AvgIpc) is 3.10. The fourth-order valence-corrected chi connectivity index (χ4v) is 3.91. The highest BCUT2D eigenvalue weighted by atomic mass is 32.2. The van der Waals surface area contributed by atoms with Crippen LogP contribution in [0.3, 0.4) is 0 Å². The molecule has 1 saturated carbocycles. The zero-order valence-corrected chi connectivity index (χ0v) is 15.8. The third kappa shape index (κ3) is 4.72. The molecular formula is C19H23N3O3S. The summed E-state index contributed by atoms with van der Waals surface area (Å²) in [6.45, 7) is 3.28. The molecule has 0 unspecified atom stereocenters. The van der Waals surface area contributed by atoms with Crippen LogP contribution in [0.5, 0.6) is 0 Å². The van der Waals surface area contributed by atoms with E-state index in [0.29, 0.717) is 28.3 Å². The maximum Gasteiger partial charge on any atom is 0.277 e. The number of carbonyl (C=O) groups is 2. The summed E-state index contributed by atoms with van der Waals surface area (Å²) in [4.78, 5) is 23.6. The topological polar surface area (TPSA) is 85.1 Å². The molecule has 0 aliphatic heterocycles. The van der Waals surface area contributed by atoms with E-state index in [4.69, 9.17) is 4.42 Å². The molecule has 0 spiro atoms. The van der Waals surface area contributed by atoms with Gasteiger partial charge < -0.3 is 9.73 Å². The molecule has 1 N–H and O–H groups in total. The fraction of sp³-hybridized carbons (Fsp3) is 0.474. The first-order valence-corrected chi connectivity index (χ1v) is 9.83. The number of ketones is 1. The maximum absolute atomic E-state index is 12.6. The van der Waals surface area contributed by atoms with Crippen molar-refractivity contribution in [2.24, 2.45) is 0 Å². The van der Waals surface area contributed by atoms with Crippen molar-refractivity contribution in [1.29, 1.82) is 0 Å². The molecule has 0 saturated heterocycles. The molecule has 6 nitrogen and oxygen atoms in total. The van der Waals surface area contributed by atoms with Crippen molar-refractivity contribution in [1.82, 2.24) is 10.2 Å². The van der Waals surface area contributed by atoms with Crippen LogP contribution in [0.1, 0.15) is 68.1 Å². The molecule has 1 aromatic heterocycles. The molecule has 138 valence electrons. The third-order valence-corrected chi connectivity index (χ3v) is 5.45. The third-order valence-electron chi connectivity index (χ3n) is 4.51. The van der Waals surface area contributed by atoms with Crippen LogP contribution in [0, 0.1) is 0 Å². The summed E-state index contributed by atoms with van der Waals surface area (Å²) in [5.74, 6) is 0.907. The highest BCUT2D eigenvalue weighted by Crippen LogP contribution is 2.34. The first-order chi connectivity index (χ1) is 12.5. The fourth-order valence-electron chi connectivity index (χ4n) is 3.14. The summed E-state index contributed by atoms with van der Waals surface area (Å²) in [7, 11) is 0. The van der Waals surface area contributed by atoms with Gasteiger partial charge in [0, 0.05) is 24.1 Å². The van der Waals surface area contributed by atoms with Crippen molar-refractivity contribution in [3.05, 3.63) is 35.7 Å². The average molecular weight is 373 g/mol. The lowest BCUT2D eigenvalue weighted by Crippen LogP contribution is -2.13. The zero-order chi connectivity index (χ0) is 18.5. The van der Waals surface area contributed by atoms with E-state index in [1.165, 1.54) is 37.9 Å². The van der Waals surface area contributed by atoms with Crippen molar-refractivity contribution in [3.63, 3.8) is 0 Å². The lowest BCUT2D eigenvalue weighted by atomic mass is 9.89. The Labute approximate surface area is 157 Å². The van der Waals surface area contributed by atoms with E-state index >= 15 is 0 Å². The minimum atomic E-state index is -0.332. The highest BCUT2D eigenvalue weighted by molar-refractivity contribution is 8.00. The van der Waals surface area contributed by atoms with Crippen molar-refractivity contribution in [2.45, 2.75) is 62.3 Å². The second-order valence-electron chi connectivity index (χ2n) is 6.62. The largest absolute Gasteiger partial charge is 0.416 e. The van der Waals surface area contributed by atoms with Crippen LogP contribution in [0.15, 0.2) is 33.9 Å². The van der Waals surface area contributed by atoms with Crippen LogP contribution < -0.4 is 5.32 Å². The second-order valence-corrected chi connectivity index (χ2v) is 7.92. The van der Waals surface area contributed by atoms with E-state index in [-0.39, 0.29) is 16.9 Å². The molecule has 0 bridgehead atoms. The number of rotatable bonds is 6. The molecule has 1 amide bonds. The zero-order valence-electron chi connectivity index (χ0n) is 15.0. The number of hydrogen-bond acceptors (Lipinski definition) is 6. The number of hydrogen-bond donors (Lipinski definition) is 1. The predicted molar refractivity (Wildman–Crippen MR) is 101 cm³/mol. The molecule has 3 rings (SSSR count). The molecular weight excluding hydrogens is 350 g/mol. The molecule has 0 radical (unpaired) electrons. The first kappa shape index (κ1) is 18.6. The molecule has 1 aliphatic rings. The number of thioether (sulfide) groups is 1. The van der Waals surface area contributed by atoms with Crippen molar-refractivity contribution in [3.8, 4) is 0 Å². The van der Waals surface area contributed by atoms with Gasteiger partial charge in [0.05, 0.1) is 5.25 Å². The summed E-state index contributed by atoms with van der Waals surface area (Å²) < 4.78 is 5.78. The molecule has 1 atom stereocenters. The van der Waals surface area contributed by atoms with Gasteiger partial charge in [-0.15, -0.1) is 10.2 Å². The van der Waals surface area contributed by atoms with Gasteiger partial charge in [0.2, 0.25) is 11.8 Å². The molecule has 1 aromatic carbocycles. The van der Waals surface area contributed by atoms with Crippen molar-refractivity contribution < 1.29 is 14.0 Å². The number of carbonyl (C=O) groups excluding carboxylic acids is 2. The SMILES string of the molecule is CC(=O)Nc1ccc(C(=O)[C@H](C)Sc2nnc(C3CCCCC3)o2)cc1. The molecule has 26 heavy (non-hydrogen) atoms. The summed E-state index contributed by atoms with van der Waals surface area (Å²) in [5.41, 5.74) is 1.26. The Morgan fingerprint density at radius 2 is 1.85 bits per heavy atom. The van der Waals surface area contributed by atoms with Gasteiger partial charge in [0.25, 0.3) is 5.22 Å². The van der Waals surface area contributed by atoms with E-state index in [1.54, 1.807) is 24.3 Å². The van der Waals surface area contributed by atoms with Gasteiger partial charge in [-0.1, -0.05) is 31.0 Å². The Balaban J connectivity index is 1.60. The van der Waals surface area contributed by atoms with Gasteiger partial charge >= 0.3 is 0 Å². The van der Waals surface area contributed by atoms with E-state index in [0.717, 1.165) is 12.8 Å². The van der Waals surface area contributed by atoms with Crippen LogP contribution in [0.25, 0.3) is 0 Å². The molecule has 1 fully saturated rings. The number of benzene rings is 1. The molecule has 1 heterocycles. The summed E-state index contributed by atoms with van der Waals surface area (Å²) in [5, 5.41) is 11.1. The predicted octanol–water partition coefficient (Wildman–Crippen LogP) is 4.44. The molecule has 2 aromatic rings. The number of aromatic nitrogens is 2. The van der Waals surface area contributed by atoms with E-state index in [1.807, 2.05) is 6.92 Å². The number of Topliss-reactive ketones (excluding diaryl/α,β-unsaturated/α-hetero) is 1. The van der Waals surface area contributed by atoms with Gasteiger partial charge in [-0.25, -0.2) is 0 Å².